The van der Waals surface area contributed by atoms with E-state index in [2.05, 4.69) is 0 Å². The first-order valence-electron chi connectivity index (χ1n) is 8.22. The highest BCUT2D eigenvalue weighted by Crippen LogP contribution is 2.54. The molecule has 1 saturated heterocycles. The monoisotopic (exact) mass is 323 g/mol. The lowest BCUT2D eigenvalue weighted by Crippen LogP contribution is -2.28. The van der Waals surface area contributed by atoms with Crippen LogP contribution in [0.25, 0.3) is 0 Å². The van der Waals surface area contributed by atoms with Crippen LogP contribution in [0.2, 0.25) is 0 Å². The molecule has 4 nitrogen and oxygen atoms in total. The van der Waals surface area contributed by atoms with Gasteiger partial charge in [-0.2, -0.15) is 0 Å². The van der Waals surface area contributed by atoms with Crippen molar-refractivity contribution < 1.29 is 14.6 Å². The van der Waals surface area contributed by atoms with Crippen molar-refractivity contribution >= 4 is 5.90 Å². The van der Waals surface area contributed by atoms with E-state index < -0.39 is 17.8 Å². The number of benzene rings is 2. The number of rotatable bonds is 4. The van der Waals surface area contributed by atoms with Crippen LogP contribution in [0.3, 0.4) is 0 Å². The quantitative estimate of drug-likeness (QED) is 0.879. The summed E-state index contributed by atoms with van der Waals surface area (Å²) in [7, 11) is 0. The van der Waals surface area contributed by atoms with E-state index in [0.717, 1.165) is 11.1 Å². The molecule has 2 heterocycles. The van der Waals surface area contributed by atoms with E-state index in [4.69, 9.17) is 14.5 Å². The van der Waals surface area contributed by atoms with Gasteiger partial charge in [0.15, 0.2) is 5.60 Å². The number of epoxide rings is 1. The van der Waals surface area contributed by atoms with Crippen LogP contribution in [0.1, 0.15) is 31.1 Å². The van der Waals surface area contributed by atoms with Gasteiger partial charge in [-0.3, -0.25) is 0 Å². The molecule has 0 amide bonds. The normalized spacial score (nSPS) is 28.8. The molecular weight excluding hydrogens is 302 g/mol. The van der Waals surface area contributed by atoms with Crippen LogP contribution in [0.15, 0.2) is 65.7 Å². The Hall–Kier alpha value is -2.17. The maximum absolute atomic E-state index is 10.8. The highest BCUT2D eigenvalue weighted by atomic mass is 16.7. The van der Waals surface area contributed by atoms with E-state index >= 15 is 0 Å². The number of hydrogen-bond acceptors (Lipinski definition) is 4. The molecule has 3 atom stereocenters. The van der Waals surface area contributed by atoms with E-state index in [1.807, 2.05) is 74.5 Å². The van der Waals surface area contributed by atoms with Gasteiger partial charge >= 0.3 is 0 Å². The highest BCUT2D eigenvalue weighted by molar-refractivity contribution is 5.91. The molecule has 1 fully saturated rings. The Labute approximate surface area is 141 Å². The fraction of sp³-hybridized carbons (Fsp3) is 0.350. The van der Waals surface area contributed by atoms with Gasteiger partial charge in [0, 0.05) is 0 Å². The van der Waals surface area contributed by atoms with Crippen molar-refractivity contribution in [3.8, 4) is 0 Å². The Bertz CT molecular complexity index is 757. The Morgan fingerprint density at radius 1 is 1.04 bits per heavy atom. The van der Waals surface area contributed by atoms with E-state index in [-0.39, 0.29) is 5.54 Å². The van der Waals surface area contributed by atoms with Crippen molar-refractivity contribution in [3.05, 3.63) is 71.8 Å². The summed E-state index contributed by atoms with van der Waals surface area (Å²) in [6, 6.07) is 19.5. The van der Waals surface area contributed by atoms with Crippen LogP contribution < -0.4 is 0 Å². The molecule has 2 aliphatic heterocycles. The highest BCUT2D eigenvalue weighted by Gasteiger charge is 2.67. The number of hydrogen-bond donors (Lipinski definition) is 1. The predicted octanol–water partition coefficient (Wildman–Crippen LogP) is 3.22. The summed E-state index contributed by atoms with van der Waals surface area (Å²) in [4.78, 5) is 4.72. The van der Waals surface area contributed by atoms with Gasteiger partial charge in [0.05, 0.1) is 5.54 Å². The van der Waals surface area contributed by atoms with E-state index in [9.17, 15) is 5.11 Å². The predicted molar refractivity (Wildman–Crippen MR) is 91.9 cm³/mol. The molecule has 4 heteroatoms. The van der Waals surface area contributed by atoms with E-state index in [1.165, 1.54) is 0 Å². The summed E-state index contributed by atoms with van der Waals surface area (Å²) in [5.74, 6) is 0.568. The van der Waals surface area contributed by atoms with Gasteiger partial charge in [0.25, 0.3) is 0 Å². The number of nitrogens with zero attached hydrogens (tertiary/aromatic N) is 1. The minimum atomic E-state index is -0.801. The SMILES string of the molecule is CC1(C)COC(C2(c3ccccc3)OC2C(O)c2ccccc2)=N1. The summed E-state index contributed by atoms with van der Waals surface area (Å²) in [5.41, 5.74) is 0.717. The van der Waals surface area contributed by atoms with Crippen LogP contribution >= 0.6 is 0 Å². The number of ether oxygens (including phenoxy) is 2. The molecule has 2 aromatic carbocycles. The van der Waals surface area contributed by atoms with Crippen molar-refractivity contribution in [1.82, 2.24) is 0 Å². The molecular formula is C20H21NO3. The fourth-order valence-corrected chi connectivity index (χ4v) is 3.27. The Morgan fingerprint density at radius 2 is 1.67 bits per heavy atom. The third-order valence-corrected chi connectivity index (χ3v) is 4.57. The van der Waals surface area contributed by atoms with Crippen molar-refractivity contribution in [2.45, 2.75) is 37.2 Å². The maximum atomic E-state index is 10.8. The van der Waals surface area contributed by atoms with Gasteiger partial charge in [0.1, 0.15) is 18.8 Å². The summed E-state index contributed by atoms with van der Waals surface area (Å²) in [6.45, 7) is 4.59. The van der Waals surface area contributed by atoms with Crippen molar-refractivity contribution in [2.75, 3.05) is 6.61 Å². The lowest BCUT2D eigenvalue weighted by atomic mass is 9.90. The van der Waals surface area contributed by atoms with Crippen molar-refractivity contribution in [2.24, 2.45) is 4.99 Å². The van der Waals surface area contributed by atoms with Gasteiger partial charge in [-0.1, -0.05) is 60.7 Å². The summed E-state index contributed by atoms with van der Waals surface area (Å²) < 4.78 is 12.0. The third-order valence-electron chi connectivity index (χ3n) is 4.57. The lowest BCUT2D eigenvalue weighted by Gasteiger charge is -2.16. The van der Waals surface area contributed by atoms with Crippen molar-refractivity contribution in [1.29, 1.82) is 0 Å². The number of aliphatic hydroxyl groups is 1. The molecule has 0 aromatic heterocycles. The molecule has 0 saturated carbocycles. The Balaban J connectivity index is 1.73. The largest absolute Gasteiger partial charge is 0.476 e. The minimum absolute atomic E-state index is 0.273. The summed E-state index contributed by atoms with van der Waals surface area (Å²) in [6.07, 6.45) is -1.14. The number of aliphatic imine (C=N–C) groups is 1. The van der Waals surface area contributed by atoms with Gasteiger partial charge < -0.3 is 14.6 Å². The second-order valence-electron chi connectivity index (χ2n) is 7.01. The second-order valence-corrected chi connectivity index (χ2v) is 7.01. The van der Waals surface area contributed by atoms with Gasteiger partial charge in [-0.15, -0.1) is 0 Å². The molecule has 0 bridgehead atoms. The second kappa shape index (κ2) is 5.43. The first-order chi connectivity index (χ1) is 11.5. The summed E-state index contributed by atoms with van der Waals surface area (Å²) >= 11 is 0. The van der Waals surface area contributed by atoms with E-state index in [1.54, 1.807) is 0 Å². The van der Waals surface area contributed by atoms with Crippen molar-refractivity contribution in [3.63, 3.8) is 0 Å². The average molecular weight is 323 g/mol. The molecule has 2 aliphatic rings. The Morgan fingerprint density at radius 3 is 2.25 bits per heavy atom. The van der Waals surface area contributed by atoms with Gasteiger partial charge in [0.2, 0.25) is 5.90 Å². The molecule has 1 N–H and O–H groups in total. The van der Waals surface area contributed by atoms with Gasteiger partial charge in [-0.05, 0) is 25.0 Å². The Kier molecular flexibility index (Phi) is 3.48. The van der Waals surface area contributed by atoms with Crippen LogP contribution in [-0.2, 0) is 15.1 Å². The van der Waals surface area contributed by atoms with Crippen LogP contribution in [-0.4, -0.2) is 29.3 Å². The average Bonchev–Trinajstić information content (AvgIpc) is 3.26. The van der Waals surface area contributed by atoms with Crippen LogP contribution in [0, 0.1) is 0 Å². The molecule has 4 rings (SSSR count). The summed E-state index contributed by atoms with van der Waals surface area (Å²) in [5, 5.41) is 10.8. The first kappa shape index (κ1) is 15.4. The lowest BCUT2D eigenvalue weighted by molar-refractivity contribution is 0.136. The molecule has 2 aromatic rings. The van der Waals surface area contributed by atoms with Crippen LogP contribution in [0.5, 0.6) is 0 Å². The zero-order valence-corrected chi connectivity index (χ0v) is 13.8. The van der Waals surface area contributed by atoms with Gasteiger partial charge in [-0.25, -0.2) is 4.99 Å². The smallest absolute Gasteiger partial charge is 0.225 e. The molecule has 124 valence electrons. The first-order valence-corrected chi connectivity index (χ1v) is 8.22. The van der Waals surface area contributed by atoms with Crippen LogP contribution in [0.4, 0.5) is 0 Å². The standard InChI is InChI=1S/C20H21NO3/c1-19(2)13-23-18(21-19)20(15-11-7-4-8-12-15)17(24-20)16(22)14-9-5-3-6-10-14/h3-12,16-17,22H,13H2,1-2H3. The number of aliphatic hydroxyl groups excluding tert-OH is 1. The zero-order chi connectivity index (χ0) is 16.8. The maximum Gasteiger partial charge on any atom is 0.225 e. The fourth-order valence-electron chi connectivity index (χ4n) is 3.27. The molecule has 0 radical (unpaired) electrons. The zero-order valence-electron chi connectivity index (χ0n) is 13.8. The minimum Gasteiger partial charge on any atom is -0.476 e. The van der Waals surface area contributed by atoms with E-state index in [0.29, 0.717) is 12.5 Å². The third kappa shape index (κ3) is 2.43. The molecule has 3 unspecified atom stereocenters. The molecule has 24 heavy (non-hydrogen) atoms. The molecule has 0 aliphatic carbocycles. The topological polar surface area (TPSA) is 54.3 Å². The molecule has 0 spiro atoms.